The molecular weight excluding hydrogens is 222 g/mol. The SMILES string of the molecule is CCCCCSCC(NC(C)C)C(=O)OC. The molecular formula is C12H25NO2S. The molecule has 0 aliphatic heterocycles. The number of nitrogens with one attached hydrogen (secondary N) is 1. The van der Waals surface area contributed by atoms with Crippen molar-refractivity contribution in [2.24, 2.45) is 0 Å². The van der Waals surface area contributed by atoms with Crippen LogP contribution in [0.5, 0.6) is 0 Å². The van der Waals surface area contributed by atoms with E-state index in [1.165, 1.54) is 26.4 Å². The zero-order chi connectivity index (χ0) is 12.4. The van der Waals surface area contributed by atoms with Gasteiger partial charge in [-0.15, -0.1) is 0 Å². The fourth-order valence-electron chi connectivity index (χ4n) is 1.38. The average molecular weight is 247 g/mol. The predicted molar refractivity (Wildman–Crippen MR) is 70.9 cm³/mol. The number of hydrogen-bond donors (Lipinski definition) is 1. The van der Waals surface area contributed by atoms with Gasteiger partial charge in [-0.1, -0.05) is 33.6 Å². The van der Waals surface area contributed by atoms with Crippen LogP contribution in [0, 0.1) is 0 Å². The van der Waals surface area contributed by atoms with Gasteiger partial charge in [-0.05, 0) is 12.2 Å². The van der Waals surface area contributed by atoms with Crippen LogP contribution in [-0.4, -0.2) is 36.7 Å². The molecule has 1 N–H and O–H groups in total. The molecule has 0 aromatic carbocycles. The van der Waals surface area contributed by atoms with Crippen molar-refractivity contribution in [2.45, 2.75) is 52.1 Å². The van der Waals surface area contributed by atoms with E-state index < -0.39 is 0 Å². The minimum Gasteiger partial charge on any atom is -0.468 e. The predicted octanol–water partition coefficient (Wildman–Crippen LogP) is 2.45. The molecule has 16 heavy (non-hydrogen) atoms. The lowest BCUT2D eigenvalue weighted by molar-refractivity contribution is -0.142. The number of methoxy groups -OCH3 is 1. The van der Waals surface area contributed by atoms with E-state index in [2.05, 4.69) is 12.2 Å². The van der Waals surface area contributed by atoms with Crippen LogP contribution in [0.15, 0.2) is 0 Å². The monoisotopic (exact) mass is 247 g/mol. The second-order valence-corrected chi connectivity index (χ2v) is 5.33. The summed E-state index contributed by atoms with van der Waals surface area (Å²) in [6.45, 7) is 6.28. The summed E-state index contributed by atoms with van der Waals surface area (Å²) >= 11 is 1.82. The fourth-order valence-corrected chi connectivity index (χ4v) is 2.43. The summed E-state index contributed by atoms with van der Waals surface area (Å²) in [5.41, 5.74) is 0. The Hall–Kier alpha value is -0.220. The summed E-state index contributed by atoms with van der Waals surface area (Å²) in [7, 11) is 1.44. The minimum atomic E-state index is -0.170. The maximum atomic E-state index is 11.5. The van der Waals surface area contributed by atoms with Crippen molar-refractivity contribution in [3.8, 4) is 0 Å². The third-order valence-corrected chi connectivity index (χ3v) is 3.34. The first-order valence-corrected chi connectivity index (χ1v) is 7.18. The van der Waals surface area contributed by atoms with Gasteiger partial charge in [0.25, 0.3) is 0 Å². The van der Waals surface area contributed by atoms with Crippen LogP contribution in [0.2, 0.25) is 0 Å². The Bertz CT molecular complexity index is 186. The summed E-state index contributed by atoms with van der Waals surface area (Å²) in [6.07, 6.45) is 3.75. The molecule has 0 saturated heterocycles. The zero-order valence-corrected chi connectivity index (χ0v) is 11.7. The Labute approximate surface area is 104 Å². The van der Waals surface area contributed by atoms with E-state index in [0.29, 0.717) is 6.04 Å². The number of ether oxygens (including phenoxy) is 1. The van der Waals surface area contributed by atoms with Crippen molar-refractivity contribution in [1.29, 1.82) is 0 Å². The van der Waals surface area contributed by atoms with Gasteiger partial charge < -0.3 is 10.1 Å². The van der Waals surface area contributed by atoms with Gasteiger partial charge in [0.2, 0.25) is 0 Å². The smallest absolute Gasteiger partial charge is 0.323 e. The Morgan fingerprint density at radius 3 is 2.56 bits per heavy atom. The molecule has 1 atom stereocenters. The van der Waals surface area contributed by atoms with Crippen LogP contribution in [-0.2, 0) is 9.53 Å². The number of unbranched alkanes of at least 4 members (excludes halogenated alkanes) is 2. The molecule has 0 aromatic rings. The fraction of sp³-hybridized carbons (Fsp3) is 0.917. The normalized spacial score (nSPS) is 12.8. The van der Waals surface area contributed by atoms with Crippen LogP contribution in [0.4, 0.5) is 0 Å². The van der Waals surface area contributed by atoms with E-state index in [9.17, 15) is 4.79 Å². The molecule has 0 aliphatic rings. The van der Waals surface area contributed by atoms with Gasteiger partial charge >= 0.3 is 5.97 Å². The third-order valence-electron chi connectivity index (χ3n) is 2.20. The second-order valence-electron chi connectivity index (χ2n) is 4.18. The second kappa shape index (κ2) is 9.97. The van der Waals surface area contributed by atoms with Crippen molar-refractivity contribution >= 4 is 17.7 Å². The highest BCUT2D eigenvalue weighted by atomic mass is 32.2. The van der Waals surface area contributed by atoms with Gasteiger partial charge in [-0.3, -0.25) is 4.79 Å². The molecule has 0 aliphatic carbocycles. The molecule has 0 fully saturated rings. The number of carbonyl (C=O) groups excluding carboxylic acids is 1. The topological polar surface area (TPSA) is 38.3 Å². The lowest BCUT2D eigenvalue weighted by atomic mass is 10.3. The van der Waals surface area contributed by atoms with Crippen molar-refractivity contribution in [3.63, 3.8) is 0 Å². The lowest BCUT2D eigenvalue weighted by Gasteiger charge is -2.18. The average Bonchev–Trinajstić information content (AvgIpc) is 2.25. The summed E-state index contributed by atoms with van der Waals surface area (Å²) in [5, 5.41) is 3.23. The first-order chi connectivity index (χ1) is 7.61. The Morgan fingerprint density at radius 2 is 2.06 bits per heavy atom. The van der Waals surface area contributed by atoms with Crippen LogP contribution >= 0.6 is 11.8 Å². The first-order valence-electron chi connectivity index (χ1n) is 6.03. The number of carbonyl (C=O) groups is 1. The van der Waals surface area contributed by atoms with Crippen molar-refractivity contribution in [2.75, 3.05) is 18.6 Å². The van der Waals surface area contributed by atoms with Gasteiger partial charge in [0.1, 0.15) is 6.04 Å². The first kappa shape index (κ1) is 15.8. The highest BCUT2D eigenvalue weighted by Gasteiger charge is 2.19. The van der Waals surface area contributed by atoms with E-state index in [1.54, 1.807) is 0 Å². The van der Waals surface area contributed by atoms with Crippen molar-refractivity contribution < 1.29 is 9.53 Å². The van der Waals surface area contributed by atoms with Gasteiger partial charge in [0.15, 0.2) is 0 Å². The quantitative estimate of drug-likeness (QED) is 0.502. The van der Waals surface area contributed by atoms with Crippen LogP contribution in [0.3, 0.4) is 0 Å². The number of hydrogen-bond acceptors (Lipinski definition) is 4. The number of esters is 1. The Kier molecular flexibility index (Phi) is 9.83. The van der Waals surface area contributed by atoms with Gasteiger partial charge in [0, 0.05) is 11.8 Å². The van der Waals surface area contributed by atoms with Crippen LogP contribution < -0.4 is 5.32 Å². The summed E-state index contributed by atoms with van der Waals surface area (Å²) in [4.78, 5) is 11.5. The molecule has 0 amide bonds. The molecule has 3 nitrogen and oxygen atoms in total. The van der Waals surface area contributed by atoms with Crippen LogP contribution in [0.1, 0.15) is 40.0 Å². The minimum absolute atomic E-state index is 0.156. The molecule has 0 rings (SSSR count). The van der Waals surface area contributed by atoms with Gasteiger partial charge in [-0.2, -0.15) is 11.8 Å². The van der Waals surface area contributed by atoms with Gasteiger partial charge in [0.05, 0.1) is 7.11 Å². The molecule has 1 unspecified atom stereocenters. The summed E-state index contributed by atoms with van der Waals surface area (Å²) in [5.74, 6) is 1.77. The van der Waals surface area contributed by atoms with E-state index in [0.717, 1.165) is 11.5 Å². The molecule has 0 heterocycles. The molecule has 0 saturated carbocycles. The third kappa shape index (κ3) is 7.99. The van der Waals surface area contributed by atoms with Crippen LogP contribution in [0.25, 0.3) is 0 Å². The maximum absolute atomic E-state index is 11.5. The molecule has 0 spiro atoms. The molecule has 4 heteroatoms. The highest BCUT2D eigenvalue weighted by molar-refractivity contribution is 7.99. The molecule has 0 radical (unpaired) electrons. The molecule has 0 bridgehead atoms. The Morgan fingerprint density at radius 1 is 1.38 bits per heavy atom. The Balaban J connectivity index is 3.79. The van der Waals surface area contributed by atoms with Gasteiger partial charge in [-0.25, -0.2) is 0 Å². The molecule has 0 aromatic heterocycles. The largest absolute Gasteiger partial charge is 0.468 e. The lowest BCUT2D eigenvalue weighted by Crippen LogP contribution is -2.43. The highest BCUT2D eigenvalue weighted by Crippen LogP contribution is 2.09. The summed E-state index contributed by atoms with van der Waals surface area (Å²) in [6, 6.07) is 0.136. The van der Waals surface area contributed by atoms with E-state index >= 15 is 0 Å². The van der Waals surface area contributed by atoms with E-state index in [4.69, 9.17) is 4.74 Å². The molecule has 96 valence electrons. The standard InChI is InChI=1S/C12H25NO2S/c1-5-6-7-8-16-9-11(12(14)15-4)13-10(2)3/h10-11,13H,5-9H2,1-4H3. The van der Waals surface area contributed by atoms with Crippen molar-refractivity contribution in [3.05, 3.63) is 0 Å². The summed E-state index contributed by atoms with van der Waals surface area (Å²) < 4.78 is 4.78. The maximum Gasteiger partial charge on any atom is 0.323 e. The van der Waals surface area contributed by atoms with E-state index in [1.807, 2.05) is 25.6 Å². The number of rotatable bonds is 9. The number of thioether (sulfide) groups is 1. The van der Waals surface area contributed by atoms with E-state index in [-0.39, 0.29) is 12.0 Å². The zero-order valence-electron chi connectivity index (χ0n) is 10.9. The van der Waals surface area contributed by atoms with Crippen molar-refractivity contribution in [1.82, 2.24) is 5.32 Å².